The summed E-state index contributed by atoms with van der Waals surface area (Å²) in [6, 6.07) is -0.362. The molecular weight excluding hydrogens is 523 g/mol. The fraction of sp³-hybridized carbons (Fsp3) is 0.375. The summed E-state index contributed by atoms with van der Waals surface area (Å²) < 4.78 is 182. The highest BCUT2D eigenvalue weighted by molar-refractivity contribution is 8.22. The van der Waals surface area contributed by atoms with E-state index in [0.717, 1.165) is 0 Å². The summed E-state index contributed by atoms with van der Waals surface area (Å²) in [6.07, 6.45) is -0.0758. The lowest BCUT2D eigenvalue weighted by molar-refractivity contribution is -0.0553. The Kier molecular flexibility index (Phi) is 6.03. The van der Waals surface area contributed by atoms with Gasteiger partial charge in [0.2, 0.25) is 0 Å². The lowest BCUT2D eigenvalue weighted by atomic mass is 10.5. The van der Waals surface area contributed by atoms with Crippen LogP contribution in [0.4, 0.5) is 45.3 Å². The van der Waals surface area contributed by atoms with Gasteiger partial charge >= 0.3 is 46.6 Å². The van der Waals surface area contributed by atoms with Crippen molar-refractivity contribution in [2.75, 3.05) is 0 Å². The van der Waals surface area contributed by atoms with Crippen LogP contribution in [0.5, 0.6) is 0 Å². The van der Waals surface area contributed by atoms with Gasteiger partial charge in [-0.1, -0.05) is 11.6 Å². The standard InChI is InChI=1S/C8H3ClF9N2O6S3/c9-4-1-2-5(19-3-4)20(27(21,22)6(10,11)12,28(23,24)7(13,14)15)29(25,26)8(16,17)18/h1-3H/q+1. The normalized spacial score (nSPS) is 15.4. The Morgan fingerprint density at radius 2 is 1.00 bits per heavy atom. The van der Waals surface area contributed by atoms with Gasteiger partial charge in [0.1, 0.15) is 0 Å². The molecule has 0 aliphatic heterocycles. The largest absolute Gasteiger partial charge is 0.552 e. The zero-order chi connectivity index (χ0) is 23.5. The van der Waals surface area contributed by atoms with E-state index in [2.05, 4.69) is 4.98 Å². The Morgan fingerprint density at radius 3 is 1.21 bits per heavy atom. The summed E-state index contributed by atoms with van der Waals surface area (Å²) in [4.78, 5) is 2.39. The van der Waals surface area contributed by atoms with Crippen LogP contribution in [0.25, 0.3) is 0 Å². The second-order valence-electron chi connectivity index (χ2n) is 4.59. The number of alkyl halides is 9. The minimum atomic E-state index is -8.43. The van der Waals surface area contributed by atoms with Crippen molar-refractivity contribution in [3.05, 3.63) is 23.4 Å². The molecule has 0 saturated heterocycles. The first kappa shape index (κ1) is 25.7. The minimum absolute atomic E-state index is 0.0758. The first-order chi connectivity index (χ1) is 12.5. The predicted octanol–water partition coefficient (Wildman–Crippen LogP) is 2.59. The monoisotopic (exact) mass is 525 g/mol. The average molecular weight is 526 g/mol. The van der Waals surface area contributed by atoms with E-state index in [1.165, 1.54) is 0 Å². The smallest absolute Gasteiger partial charge is 0.200 e. The van der Waals surface area contributed by atoms with Crippen LogP contribution in [0.1, 0.15) is 0 Å². The summed E-state index contributed by atoms with van der Waals surface area (Å²) in [5.41, 5.74) is -21.8. The number of aromatic nitrogens is 1. The third-order valence-corrected chi connectivity index (χ3v) is 10.8. The van der Waals surface area contributed by atoms with E-state index in [-0.39, 0.29) is 12.3 Å². The molecule has 0 aromatic carbocycles. The third kappa shape index (κ3) is 3.43. The number of nitrogens with zero attached hydrogens (tertiary/aromatic N) is 2. The number of quaternary nitrogens is 1. The first-order valence-electron chi connectivity index (χ1n) is 5.95. The van der Waals surface area contributed by atoms with Gasteiger partial charge < -0.3 is 0 Å². The predicted molar refractivity (Wildman–Crippen MR) is 76.0 cm³/mol. The van der Waals surface area contributed by atoms with Gasteiger partial charge in [-0.05, 0) is 6.07 Å². The number of halogens is 10. The molecule has 8 nitrogen and oxygen atoms in total. The molecular formula is C8H3ClF9N2O6S3+. The number of pyridine rings is 1. The van der Waals surface area contributed by atoms with E-state index in [4.69, 9.17) is 11.6 Å². The van der Waals surface area contributed by atoms with Crippen molar-refractivity contribution in [2.45, 2.75) is 16.5 Å². The average Bonchev–Trinajstić information content (AvgIpc) is 2.45. The van der Waals surface area contributed by atoms with E-state index in [0.29, 0.717) is 0 Å². The maximum atomic E-state index is 13.0. The SMILES string of the molecule is O=S(=O)(C(F)(F)F)[N+](c1ccc(Cl)cn1)(S(=O)(=O)C(F)(F)F)S(=O)(=O)C(F)(F)F. The highest BCUT2D eigenvalue weighted by Gasteiger charge is 2.86. The summed E-state index contributed by atoms with van der Waals surface area (Å²) in [6.45, 7) is 0. The number of rotatable bonds is 4. The van der Waals surface area contributed by atoms with Crippen molar-refractivity contribution in [1.29, 1.82) is 0 Å². The van der Waals surface area contributed by atoms with E-state index in [1.807, 2.05) is 0 Å². The van der Waals surface area contributed by atoms with Gasteiger partial charge in [0.25, 0.3) is 5.82 Å². The highest BCUT2D eigenvalue weighted by Crippen LogP contribution is 2.51. The minimum Gasteiger partial charge on any atom is -0.200 e. The Morgan fingerprint density at radius 1 is 0.690 bits per heavy atom. The maximum Gasteiger partial charge on any atom is 0.552 e. The second-order valence-corrected chi connectivity index (χ2v) is 11.6. The van der Waals surface area contributed by atoms with E-state index >= 15 is 0 Å². The second kappa shape index (κ2) is 6.82. The van der Waals surface area contributed by atoms with Crippen LogP contribution in [0.15, 0.2) is 18.3 Å². The molecule has 0 atom stereocenters. The maximum absolute atomic E-state index is 13.0. The van der Waals surface area contributed by atoms with Crippen LogP contribution < -0.4 is 2.70 Å². The van der Waals surface area contributed by atoms with Crippen LogP contribution in [-0.2, 0) is 30.1 Å². The quantitative estimate of drug-likeness (QED) is 0.438. The lowest BCUT2D eigenvalue weighted by Crippen LogP contribution is -2.70. The van der Waals surface area contributed by atoms with Crippen molar-refractivity contribution >= 4 is 47.5 Å². The Labute approximate surface area is 160 Å². The summed E-state index contributed by atoms with van der Waals surface area (Å²) in [7, 11) is -25.3. The summed E-state index contributed by atoms with van der Waals surface area (Å²) in [5.74, 6) is -2.83. The van der Waals surface area contributed by atoms with Crippen molar-refractivity contribution in [3.8, 4) is 0 Å². The molecule has 1 aromatic rings. The van der Waals surface area contributed by atoms with Crippen molar-refractivity contribution in [2.24, 2.45) is 0 Å². The van der Waals surface area contributed by atoms with Gasteiger partial charge in [-0.25, -0.2) is 4.98 Å². The number of hydrogen-bond acceptors (Lipinski definition) is 7. The topological polar surface area (TPSA) is 115 Å². The molecule has 0 radical (unpaired) electrons. The van der Waals surface area contributed by atoms with Gasteiger partial charge in [-0.15, -0.1) is 0 Å². The Balaban J connectivity index is 4.63. The first-order valence-corrected chi connectivity index (χ1v) is 10.7. The number of hydrogen-bond donors (Lipinski definition) is 0. The molecule has 29 heavy (non-hydrogen) atoms. The lowest BCUT2D eigenvalue weighted by Gasteiger charge is -2.32. The van der Waals surface area contributed by atoms with Crippen LogP contribution >= 0.6 is 11.6 Å². The molecule has 0 N–H and O–H groups in total. The van der Waals surface area contributed by atoms with Crippen LogP contribution in [0.2, 0.25) is 5.02 Å². The van der Waals surface area contributed by atoms with Crippen molar-refractivity contribution in [1.82, 2.24) is 7.68 Å². The van der Waals surface area contributed by atoms with Gasteiger partial charge in [0, 0.05) is 6.07 Å². The Hall–Kier alpha value is -1.38. The highest BCUT2D eigenvalue weighted by atomic mass is 35.5. The fourth-order valence-electron chi connectivity index (χ4n) is 1.70. The molecule has 21 heteroatoms. The summed E-state index contributed by atoms with van der Waals surface area (Å²) in [5, 5.41) is -0.745. The fourth-order valence-corrected chi connectivity index (χ4v) is 8.31. The van der Waals surface area contributed by atoms with Crippen LogP contribution in [0, 0.1) is 0 Å². The van der Waals surface area contributed by atoms with Crippen molar-refractivity contribution in [3.63, 3.8) is 0 Å². The van der Waals surface area contributed by atoms with Gasteiger partial charge in [-0.2, -0.15) is 64.8 Å². The van der Waals surface area contributed by atoms with Crippen LogP contribution in [0.3, 0.4) is 0 Å². The molecule has 1 rings (SSSR count). The zero-order valence-electron chi connectivity index (χ0n) is 12.6. The molecule has 0 saturated carbocycles. The molecule has 0 aliphatic carbocycles. The third-order valence-electron chi connectivity index (χ3n) is 2.82. The molecule has 0 fully saturated rings. The van der Waals surface area contributed by atoms with Gasteiger partial charge in [-0.3, -0.25) is 0 Å². The zero-order valence-corrected chi connectivity index (χ0v) is 15.8. The molecule has 168 valence electrons. The molecule has 1 aromatic heterocycles. The van der Waals surface area contributed by atoms with Gasteiger partial charge in [0.05, 0.1) is 13.9 Å². The summed E-state index contributed by atoms with van der Waals surface area (Å²) >= 11 is 5.19. The number of sulfonamides is 3. The van der Waals surface area contributed by atoms with E-state index in [1.54, 1.807) is 0 Å². The molecule has 0 spiro atoms. The van der Waals surface area contributed by atoms with E-state index < -0.39 is 66.2 Å². The van der Waals surface area contributed by atoms with Crippen LogP contribution in [-0.4, -0.2) is 46.8 Å². The van der Waals surface area contributed by atoms with E-state index in [9.17, 15) is 64.8 Å². The molecule has 0 aliphatic rings. The molecule has 1 heterocycles. The van der Waals surface area contributed by atoms with Gasteiger partial charge in [0.15, 0.2) is 0 Å². The molecule has 0 bridgehead atoms. The van der Waals surface area contributed by atoms with Crippen molar-refractivity contribution < 1.29 is 64.8 Å². The Bertz CT molecular complexity index is 997. The molecule has 0 amide bonds. The molecule has 0 unspecified atom stereocenters.